The molecular formula is C13H11NO2. The van der Waals surface area contributed by atoms with Crippen LogP contribution in [0.3, 0.4) is 0 Å². The minimum Gasteiger partial charge on any atom is -0.478 e. The summed E-state index contributed by atoms with van der Waals surface area (Å²) in [4.78, 5) is 14.0. The molecule has 0 aliphatic carbocycles. The summed E-state index contributed by atoms with van der Waals surface area (Å²) >= 11 is 0. The molecule has 2 rings (SSSR count). The minimum atomic E-state index is -0.924. The predicted molar refractivity (Wildman–Crippen MR) is 62.7 cm³/mol. The molecule has 1 heterocycles. The van der Waals surface area contributed by atoms with Crippen molar-refractivity contribution in [1.82, 2.24) is 4.98 Å². The summed E-state index contributed by atoms with van der Waals surface area (Å²) in [6, 6.07) is 10.9. The molecule has 0 amide bonds. The fourth-order valence-corrected chi connectivity index (χ4v) is 1.48. The molecular weight excluding hydrogens is 202 g/mol. The van der Waals surface area contributed by atoms with Crippen LogP contribution in [0.15, 0.2) is 48.8 Å². The number of benzene rings is 1. The highest BCUT2D eigenvalue weighted by molar-refractivity contribution is 6.20. The Labute approximate surface area is 93.1 Å². The van der Waals surface area contributed by atoms with Gasteiger partial charge in [0.1, 0.15) is 0 Å². The van der Waals surface area contributed by atoms with Crippen LogP contribution in [0.5, 0.6) is 0 Å². The average molecular weight is 213 g/mol. The van der Waals surface area contributed by atoms with Gasteiger partial charge in [-0.3, -0.25) is 0 Å². The highest BCUT2D eigenvalue weighted by atomic mass is 16.4. The summed E-state index contributed by atoms with van der Waals surface area (Å²) < 4.78 is 0. The lowest BCUT2D eigenvalue weighted by Gasteiger charge is -2.01. The standard InChI is InChI=1S/C13H11NO2/c15-13(16)12(8-10-6-7-14-9-10)11-4-2-1-3-5-11/h1-9,14H,(H,15,16). The lowest BCUT2D eigenvalue weighted by Crippen LogP contribution is -1.99. The van der Waals surface area contributed by atoms with Crippen LogP contribution in [0.1, 0.15) is 11.1 Å². The number of rotatable bonds is 3. The first kappa shape index (κ1) is 10.2. The third kappa shape index (κ3) is 2.20. The number of carbonyl (C=O) groups is 1. The molecule has 0 spiro atoms. The second-order valence-corrected chi connectivity index (χ2v) is 3.37. The lowest BCUT2D eigenvalue weighted by atomic mass is 10.0. The van der Waals surface area contributed by atoms with Crippen molar-refractivity contribution in [3.05, 3.63) is 59.9 Å². The van der Waals surface area contributed by atoms with Gasteiger partial charge in [-0.1, -0.05) is 30.3 Å². The molecule has 0 fully saturated rings. The monoisotopic (exact) mass is 213 g/mol. The van der Waals surface area contributed by atoms with E-state index in [4.69, 9.17) is 5.11 Å². The van der Waals surface area contributed by atoms with Crippen LogP contribution in [0.2, 0.25) is 0 Å². The van der Waals surface area contributed by atoms with Gasteiger partial charge in [-0.25, -0.2) is 4.79 Å². The molecule has 1 aromatic heterocycles. The van der Waals surface area contributed by atoms with Crippen molar-refractivity contribution >= 4 is 17.6 Å². The molecule has 2 aromatic rings. The van der Waals surface area contributed by atoms with Crippen molar-refractivity contribution in [3.8, 4) is 0 Å². The maximum absolute atomic E-state index is 11.1. The number of aliphatic carboxylic acids is 1. The maximum Gasteiger partial charge on any atom is 0.336 e. The first-order chi connectivity index (χ1) is 7.77. The normalized spacial score (nSPS) is 11.4. The van der Waals surface area contributed by atoms with Crippen molar-refractivity contribution < 1.29 is 9.90 Å². The highest BCUT2D eigenvalue weighted by Crippen LogP contribution is 2.17. The number of carboxylic acids is 1. The summed E-state index contributed by atoms with van der Waals surface area (Å²) in [6.07, 6.45) is 5.16. The van der Waals surface area contributed by atoms with E-state index in [2.05, 4.69) is 4.98 Å². The molecule has 0 aliphatic heterocycles. The molecule has 0 bridgehead atoms. The number of aromatic nitrogens is 1. The Morgan fingerprint density at radius 1 is 1.19 bits per heavy atom. The molecule has 0 saturated carbocycles. The van der Waals surface area contributed by atoms with E-state index in [0.29, 0.717) is 11.1 Å². The molecule has 0 saturated heterocycles. The van der Waals surface area contributed by atoms with Crippen molar-refractivity contribution in [3.63, 3.8) is 0 Å². The van der Waals surface area contributed by atoms with E-state index in [1.807, 2.05) is 24.3 Å². The highest BCUT2D eigenvalue weighted by Gasteiger charge is 2.09. The Morgan fingerprint density at radius 3 is 2.50 bits per heavy atom. The quantitative estimate of drug-likeness (QED) is 0.770. The number of hydrogen-bond donors (Lipinski definition) is 2. The molecule has 3 heteroatoms. The molecule has 2 N–H and O–H groups in total. The minimum absolute atomic E-state index is 0.292. The first-order valence-corrected chi connectivity index (χ1v) is 4.90. The first-order valence-electron chi connectivity index (χ1n) is 4.90. The Kier molecular flexibility index (Phi) is 2.87. The van der Waals surface area contributed by atoms with Crippen LogP contribution in [0.25, 0.3) is 11.6 Å². The lowest BCUT2D eigenvalue weighted by molar-refractivity contribution is -0.130. The second kappa shape index (κ2) is 4.49. The van der Waals surface area contributed by atoms with Crippen LogP contribution < -0.4 is 0 Å². The van der Waals surface area contributed by atoms with E-state index in [-0.39, 0.29) is 0 Å². The van der Waals surface area contributed by atoms with Gasteiger partial charge < -0.3 is 10.1 Å². The molecule has 16 heavy (non-hydrogen) atoms. The number of nitrogens with one attached hydrogen (secondary N) is 1. The van der Waals surface area contributed by atoms with Crippen LogP contribution in [0.4, 0.5) is 0 Å². The molecule has 80 valence electrons. The SMILES string of the molecule is O=C(O)C(=Cc1cc[nH]c1)c1ccccc1. The van der Waals surface area contributed by atoms with Gasteiger partial charge >= 0.3 is 5.97 Å². The molecule has 0 unspecified atom stereocenters. The Morgan fingerprint density at radius 2 is 1.94 bits per heavy atom. The third-order valence-electron chi connectivity index (χ3n) is 2.25. The maximum atomic E-state index is 11.1. The molecule has 0 aliphatic rings. The average Bonchev–Trinajstić information content (AvgIpc) is 2.79. The summed E-state index contributed by atoms with van der Waals surface area (Å²) in [6.45, 7) is 0. The summed E-state index contributed by atoms with van der Waals surface area (Å²) in [5.41, 5.74) is 1.85. The Hall–Kier alpha value is -2.29. The second-order valence-electron chi connectivity index (χ2n) is 3.37. The summed E-state index contributed by atoms with van der Waals surface area (Å²) in [7, 11) is 0. The van der Waals surface area contributed by atoms with Crippen LogP contribution in [-0.4, -0.2) is 16.1 Å². The van der Waals surface area contributed by atoms with Gasteiger partial charge in [0.15, 0.2) is 0 Å². The summed E-state index contributed by atoms with van der Waals surface area (Å²) in [5.74, 6) is -0.924. The van der Waals surface area contributed by atoms with Gasteiger partial charge in [0.25, 0.3) is 0 Å². The zero-order valence-electron chi connectivity index (χ0n) is 8.55. The predicted octanol–water partition coefficient (Wildman–Crippen LogP) is 2.64. The molecule has 3 nitrogen and oxygen atoms in total. The van der Waals surface area contributed by atoms with E-state index >= 15 is 0 Å². The van der Waals surface area contributed by atoms with Crippen molar-refractivity contribution in [2.75, 3.05) is 0 Å². The van der Waals surface area contributed by atoms with E-state index in [9.17, 15) is 4.79 Å². The number of hydrogen-bond acceptors (Lipinski definition) is 1. The topological polar surface area (TPSA) is 53.1 Å². The van der Waals surface area contributed by atoms with Gasteiger partial charge in [-0.15, -0.1) is 0 Å². The Balaban J connectivity index is 2.43. The van der Waals surface area contributed by atoms with E-state index in [0.717, 1.165) is 5.56 Å². The fourth-order valence-electron chi connectivity index (χ4n) is 1.48. The van der Waals surface area contributed by atoms with Crippen molar-refractivity contribution in [2.45, 2.75) is 0 Å². The van der Waals surface area contributed by atoms with Gasteiger partial charge in [0, 0.05) is 12.4 Å². The van der Waals surface area contributed by atoms with Gasteiger partial charge in [-0.05, 0) is 23.3 Å². The zero-order chi connectivity index (χ0) is 11.4. The largest absolute Gasteiger partial charge is 0.478 e. The summed E-state index contributed by atoms with van der Waals surface area (Å²) in [5, 5.41) is 9.15. The third-order valence-corrected chi connectivity index (χ3v) is 2.25. The zero-order valence-corrected chi connectivity index (χ0v) is 8.55. The fraction of sp³-hybridized carbons (Fsp3) is 0. The van der Waals surface area contributed by atoms with Gasteiger partial charge in [-0.2, -0.15) is 0 Å². The number of H-pyrrole nitrogens is 1. The smallest absolute Gasteiger partial charge is 0.336 e. The van der Waals surface area contributed by atoms with Crippen LogP contribution in [0, 0.1) is 0 Å². The molecule has 0 radical (unpaired) electrons. The van der Waals surface area contributed by atoms with E-state index in [1.54, 1.807) is 30.6 Å². The van der Waals surface area contributed by atoms with Gasteiger partial charge in [0.05, 0.1) is 5.57 Å². The van der Waals surface area contributed by atoms with Crippen LogP contribution in [-0.2, 0) is 4.79 Å². The van der Waals surface area contributed by atoms with Crippen molar-refractivity contribution in [2.24, 2.45) is 0 Å². The Bertz CT molecular complexity index is 498. The molecule has 1 aromatic carbocycles. The number of aromatic amines is 1. The van der Waals surface area contributed by atoms with Crippen molar-refractivity contribution in [1.29, 1.82) is 0 Å². The number of carboxylic acid groups (broad SMARTS) is 1. The van der Waals surface area contributed by atoms with E-state index in [1.165, 1.54) is 0 Å². The van der Waals surface area contributed by atoms with Crippen LogP contribution >= 0.6 is 0 Å². The molecule has 0 atom stereocenters. The van der Waals surface area contributed by atoms with E-state index < -0.39 is 5.97 Å². The van der Waals surface area contributed by atoms with Gasteiger partial charge in [0.2, 0.25) is 0 Å².